The van der Waals surface area contributed by atoms with E-state index in [9.17, 15) is 13.2 Å². The molecule has 0 bridgehead atoms. The number of carbonyl (C=O) groups is 1. The summed E-state index contributed by atoms with van der Waals surface area (Å²) in [5, 5.41) is 5.01. The molecule has 0 unspecified atom stereocenters. The molecule has 0 spiro atoms. The normalized spacial score (nSPS) is 11.1. The van der Waals surface area contributed by atoms with Crippen molar-refractivity contribution in [2.45, 2.75) is 4.90 Å². The average Bonchev–Trinajstić information content (AvgIpc) is 2.82. The summed E-state index contributed by atoms with van der Waals surface area (Å²) < 4.78 is 33.2. The minimum absolute atomic E-state index is 0.153. The van der Waals surface area contributed by atoms with E-state index in [4.69, 9.17) is 4.74 Å². The average molecular weight is 447 g/mol. The van der Waals surface area contributed by atoms with Crippen molar-refractivity contribution in [1.29, 1.82) is 0 Å². The van der Waals surface area contributed by atoms with Crippen LogP contribution in [-0.4, -0.2) is 27.5 Å². The molecule has 0 fully saturated rings. The van der Waals surface area contributed by atoms with Crippen LogP contribution in [0.15, 0.2) is 102 Å². The highest BCUT2D eigenvalue weighted by molar-refractivity contribution is 7.92. The zero-order valence-corrected chi connectivity index (χ0v) is 18.0. The van der Waals surface area contributed by atoms with Gasteiger partial charge in [0.25, 0.3) is 15.9 Å². The molecule has 1 amide bonds. The second-order valence-corrected chi connectivity index (χ2v) is 8.80. The third-order valence-electron chi connectivity index (χ3n) is 4.81. The quantitative estimate of drug-likeness (QED) is 0.392. The van der Waals surface area contributed by atoms with Crippen LogP contribution in [0.25, 0.3) is 10.8 Å². The maximum atomic E-state index is 12.5. The van der Waals surface area contributed by atoms with Crippen molar-refractivity contribution in [1.82, 2.24) is 5.32 Å². The number of ether oxygens (including phenoxy) is 1. The van der Waals surface area contributed by atoms with Crippen LogP contribution in [0.1, 0.15) is 10.4 Å². The molecule has 0 radical (unpaired) electrons. The molecule has 0 aliphatic heterocycles. The van der Waals surface area contributed by atoms with Crippen molar-refractivity contribution in [2.75, 3.05) is 17.9 Å². The van der Waals surface area contributed by atoms with Crippen LogP contribution >= 0.6 is 0 Å². The fourth-order valence-electron chi connectivity index (χ4n) is 3.23. The Balaban J connectivity index is 1.32. The highest BCUT2D eigenvalue weighted by Gasteiger charge is 2.14. The van der Waals surface area contributed by atoms with Gasteiger partial charge in [0.2, 0.25) is 0 Å². The van der Waals surface area contributed by atoms with E-state index in [0.29, 0.717) is 24.4 Å². The number of benzene rings is 4. The van der Waals surface area contributed by atoms with Gasteiger partial charge in [-0.15, -0.1) is 0 Å². The minimum atomic E-state index is -3.72. The second kappa shape index (κ2) is 9.53. The Hall–Kier alpha value is -3.84. The second-order valence-electron chi connectivity index (χ2n) is 7.11. The van der Waals surface area contributed by atoms with Crippen molar-refractivity contribution in [3.8, 4) is 5.75 Å². The Morgan fingerprint density at radius 1 is 0.781 bits per heavy atom. The molecule has 4 rings (SSSR count). The molecule has 6 nitrogen and oxygen atoms in total. The Bertz CT molecular complexity index is 1340. The molecule has 0 saturated heterocycles. The first-order valence-electron chi connectivity index (χ1n) is 10.1. The Morgan fingerprint density at radius 3 is 2.34 bits per heavy atom. The molecule has 4 aromatic carbocycles. The minimum Gasteiger partial charge on any atom is -0.492 e. The van der Waals surface area contributed by atoms with Crippen LogP contribution in [0.5, 0.6) is 5.75 Å². The van der Waals surface area contributed by atoms with Gasteiger partial charge in [0, 0.05) is 11.3 Å². The highest BCUT2D eigenvalue weighted by Crippen LogP contribution is 2.20. The molecule has 0 aromatic heterocycles. The van der Waals surface area contributed by atoms with E-state index < -0.39 is 10.0 Å². The van der Waals surface area contributed by atoms with Gasteiger partial charge in [-0.2, -0.15) is 0 Å². The van der Waals surface area contributed by atoms with Gasteiger partial charge in [0.05, 0.1) is 11.4 Å². The van der Waals surface area contributed by atoms with E-state index in [2.05, 4.69) is 10.0 Å². The number of carbonyl (C=O) groups excluding carboxylic acids is 1. The van der Waals surface area contributed by atoms with Crippen molar-refractivity contribution in [3.05, 3.63) is 103 Å². The van der Waals surface area contributed by atoms with Crippen LogP contribution in [0.4, 0.5) is 5.69 Å². The third-order valence-corrected chi connectivity index (χ3v) is 6.20. The summed E-state index contributed by atoms with van der Waals surface area (Å²) in [4.78, 5) is 12.6. The van der Waals surface area contributed by atoms with Gasteiger partial charge in [0.15, 0.2) is 0 Å². The summed E-state index contributed by atoms with van der Waals surface area (Å²) in [6, 6.07) is 28.3. The fraction of sp³-hybridized carbons (Fsp3) is 0.0800. The molecule has 0 atom stereocenters. The number of hydrogen-bond acceptors (Lipinski definition) is 4. The van der Waals surface area contributed by atoms with Gasteiger partial charge in [-0.25, -0.2) is 8.42 Å². The van der Waals surface area contributed by atoms with Crippen molar-refractivity contribution < 1.29 is 17.9 Å². The largest absolute Gasteiger partial charge is 0.492 e. The van der Waals surface area contributed by atoms with Gasteiger partial charge in [-0.05, 0) is 53.2 Å². The Labute approximate surface area is 186 Å². The Morgan fingerprint density at radius 2 is 1.53 bits per heavy atom. The van der Waals surface area contributed by atoms with Crippen LogP contribution in [0.2, 0.25) is 0 Å². The monoisotopic (exact) mass is 446 g/mol. The number of sulfonamides is 1. The number of nitrogens with one attached hydrogen (secondary N) is 2. The van der Waals surface area contributed by atoms with E-state index in [1.165, 1.54) is 18.2 Å². The van der Waals surface area contributed by atoms with E-state index in [1.807, 2.05) is 42.5 Å². The number of rotatable bonds is 8. The molecular weight excluding hydrogens is 424 g/mol. The van der Waals surface area contributed by atoms with Crippen molar-refractivity contribution in [3.63, 3.8) is 0 Å². The summed E-state index contributed by atoms with van der Waals surface area (Å²) >= 11 is 0. The van der Waals surface area contributed by atoms with Gasteiger partial charge in [-0.3, -0.25) is 9.52 Å². The van der Waals surface area contributed by atoms with Crippen LogP contribution in [0.3, 0.4) is 0 Å². The van der Waals surface area contributed by atoms with Crippen molar-refractivity contribution >= 4 is 32.4 Å². The maximum absolute atomic E-state index is 12.5. The lowest BCUT2D eigenvalue weighted by Crippen LogP contribution is -2.28. The number of fused-ring (bicyclic) bond motifs is 1. The van der Waals surface area contributed by atoms with E-state index in [0.717, 1.165) is 16.5 Å². The smallest absolute Gasteiger partial charge is 0.261 e. The molecule has 32 heavy (non-hydrogen) atoms. The molecule has 0 heterocycles. The summed E-state index contributed by atoms with van der Waals surface area (Å²) in [6.07, 6.45) is 0. The topological polar surface area (TPSA) is 84.5 Å². The van der Waals surface area contributed by atoms with Gasteiger partial charge in [-0.1, -0.05) is 54.6 Å². The van der Waals surface area contributed by atoms with Gasteiger partial charge in [0.1, 0.15) is 12.4 Å². The van der Waals surface area contributed by atoms with Gasteiger partial charge < -0.3 is 10.1 Å². The molecule has 0 aliphatic rings. The summed E-state index contributed by atoms with van der Waals surface area (Å²) in [6.45, 7) is 0.621. The predicted molar refractivity (Wildman–Crippen MR) is 125 cm³/mol. The fourth-order valence-corrected chi connectivity index (χ4v) is 4.30. The third kappa shape index (κ3) is 5.25. The van der Waals surface area contributed by atoms with E-state index in [1.54, 1.807) is 36.4 Å². The predicted octanol–water partition coefficient (Wildman–Crippen LogP) is 4.45. The van der Waals surface area contributed by atoms with E-state index >= 15 is 0 Å². The lowest BCUT2D eigenvalue weighted by molar-refractivity contribution is 0.0947. The lowest BCUT2D eigenvalue weighted by Gasteiger charge is -2.11. The molecule has 0 aliphatic carbocycles. The van der Waals surface area contributed by atoms with Crippen LogP contribution in [-0.2, 0) is 10.0 Å². The first-order valence-corrected chi connectivity index (χ1v) is 11.6. The summed E-state index contributed by atoms with van der Waals surface area (Å²) in [5.74, 6) is 0.420. The first-order chi connectivity index (χ1) is 15.5. The van der Waals surface area contributed by atoms with E-state index in [-0.39, 0.29) is 10.8 Å². The lowest BCUT2D eigenvalue weighted by atomic mass is 10.1. The number of anilines is 1. The van der Waals surface area contributed by atoms with Gasteiger partial charge >= 0.3 is 0 Å². The molecular formula is C25H22N2O4S. The maximum Gasteiger partial charge on any atom is 0.261 e. The number of hydrogen-bond donors (Lipinski definition) is 2. The molecule has 162 valence electrons. The summed E-state index contributed by atoms with van der Waals surface area (Å²) in [7, 11) is -3.72. The summed E-state index contributed by atoms with van der Waals surface area (Å²) in [5.41, 5.74) is 0.665. The molecule has 7 heteroatoms. The number of amides is 1. The first kappa shape index (κ1) is 21.4. The standard InChI is InChI=1S/C25H22N2O4S/c28-25(26-15-16-31-23-14-13-19-7-4-5-8-20(19)18-23)21-9-6-10-22(17-21)27-32(29,30)24-11-2-1-3-12-24/h1-14,17-18,27H,15-16H2,(H,26,28). The van der Waals surface area contributed by atoms with Crippen molar-refractivity contribution in [2.24, 2.45) is 0 Å². The van der Waals surface area contributed by atoms with Crippen LogP contribution in [0, 0.1) is 0 Å². The Kier molecular flexibility index (Phi) is 6.37. The molecule has 0 saturated carbocycles. The zero-order chi connectivity index (χ0) is 22.4. The zero-order valence-electron chi connectivity index (χ0n) is 17.2. The SMILES string of the molecule is O=C(NCCOc1ccc2ccccc2c1)c1cccc(NS(=O)(=O)c2ccccc2)c1. The van der Waals surface area contributed by atoms with Crippen LogP contribution < -0.4 is 14.8 Å². The molecule has 2 N–H and O–H groups in total. The highest BCUT2D eigenvalue weighted by atomic mass is 32.2. The molecule has 4 aromatic rings.